The summed E-state index contributed by atoms with van der Waals surface area (Å²) < 4.78 is 0. The Balaban J connectivity index is 2.23. The van der Waals surface area contributed by atoms with E-state index in [0.29, 0.717) is 11.4 Å². The Morgan fingerprint density at radius 2 is 2.22 bits per heavy atom. The second-order valence-electron chi connectivity index (χ2n) is 4.91. The molecule has 18 heavy (non-hydrogen) atoms. The predicted octanol–water partition coefficient (Wildman–Crippen LogP) is 0.482. The van der Waals surface area contributed by atoms with Crippen LogP contribution < -0.4 is 5.73 Å². The number of nitrogens with two attached hydrogens (primary N) is 1. The van der Waals surface area contributed by atoms with Gasteiger partial charge in [0.25, 0.3) is 0 Å². The van der Waals surface area contributed by atoms with Crippen LogP contribution in [-0.4, -0.2) is 60.3 Å². The molecule has 1 aromatic rings. The molecule has 1 unspecified atom stereocenters. The van der Waals surface area contributed by atoms with Crippen LogP contribution in [0.25, 0.3) is 0 Å². The van der Waals surface area contributed by atoms with Gasteiger partial charge in [-0.1, -0.05) is 0 Å². The monoisotopic (exact) mass is 248 g/mol. The van der Waals surface area contributed by atoms with Gasteiger partial charge in [0.1, 0.15) is 5.82 Å². The average Bonchev–Trinajstić information content (AvgIpc) is 2.51. The highest BCUT2D eigenvalue weighted by Crippen LogP contribution is 2.16. The van der Waals surface area contributed by atoms with Crippen LogP contribution in [0.2, 0.25) is 0 Å². The number of likely N-dealkylation sites (N-methyl/N-ethyl adjacent to an activating group) is 2. The first kappa shape index (κ1) is 13.0. The number of Topliss-reactive ketones (excluding diaryl/α,β-unsaturated/α-hetero) is 1. The molecule has 1 atom stereocenters. The van der Waals surface area contributed by atoms with Gasteiger partial charge in [0.05, 0.1) is 11.6 Å². The van der Waals surface area contributed by atoms with Gasteiger partial charge in [0, 0.05) is 12.7 Å². The van der Waals surface area contributed by atoms with Crippen molar-refractivity contribution in [2.24, 2.45) is 0 Å². The number of hydrogen-bond acceptors (Lipinski definition) is 5. The van der Waals surface area contributed by atoms with Crippen LogP contribution in [0.3, 0.4) is 0 Å². The van der Waals surface area contributed by atoms with Crippen molar-refractivity contribution in [1.29, 1.82) is 0 Å². The largest absolute Gasteiger partial charge is 0.383 e. The molecule has 2 N–H and O–H groups in total. The molecular formula is C13H20N4O. The molecule has 0 saturated carbocycles. The molecule has 1 aliphatic rings. The van der Waals surface area contributed by atoms with E-state index in [1.165, 1.54) is 0 Å². The summed E-state index contributed by atoms with van der Waals surface area (Å²) in [7, 11) is 4.04. The molecule has 1 aliphatic heterocycles. The molecule has 0 amide bonds. The molecule has 98 valence electrons. The van der Waals surface area contributed by atoms with Crippen molar-refractivity contribution >= 4 is 11.6 Å². The van der Waals surface area contributed by atoms with E-state index in [-0.39, 0.29) is 11.8 Å². The minimum absolute atomic E-state index is 0.0665. The molecule has 0 radical (unpaired) electrons. The first-order valence-electron chi connectivity index (χ1n) is 6.23. The molecule has 0 spiro atoms. The lowest BCUT2D eigenvalue weighted by Gasteiger charge is -2.26. The van der Waals surface area contributed by atoms with Gasteiger partial charge in [0.2, 0.25) is 0 Å². The lowest BCUT2D eigenvalue weighted by molar-refractivity contribution is 0.0840. The van der Waals surface area contributed by atoms with Gasteiger partial charge in [-0.15, -0.1) is 0 Å². The number of aromatic nitrogens is 1. The number of carbonyl (C=O) groups excluding carboxylic acids is 1. The molecule has 2 rings (SSSR count). The summed E-state index contributed by atoms with van der Waals surface area (Å²) >= 11 is 0. The molecule has 1 fully saturated rings. The van der Waals surface area contributed by atoms with E-state index in [9.17, 15) is 4.79 Å². The van der Waals surface area contributed by atoms with Gasteiger partial charge in [-0.25, -0.2) is 4.98 Å². The summed E-state index contributed by atoms with van der Waals surface area (Å²) in [6.45, 7) is 2.70. The van der Waals surface area contributed by atoms with E-state index >= 15 is 0 Å². The third-order valence-corrected chi connectivity index (χ3v) is 3.47. The topological polar surface area (TPSA) is 62.5 Å². The number of carbonyl (C=O) groups is 1. The Bertz CT molecular complexity index is 435. The zero-order valence-electron chi connectivity index (χ0n) is 11.0. The lowest BCUT2D eigenvalue weighted by Crippen LogP contribution is -2.43. The Kier molecular flexibility index (Phi) is 3.93. The van der Waals surface area contributed by atoms with E-state index in [4.69, 9.17) is 5.73 Å². The standard InChI is InChI=1S/C13H20N4O/c1-16-7-4-8-17(2)11(9-16)12(18)10-5-3-6-15-13(10)14/h3,5-6,11H,4,7-9H2,1-2H3,(H2,14,15). The fourth-order valence-corrected chi connectivity index (χ4v) is 2.36. The van der Waals surface area contributed by atoms with Crippen LogP contribution in [0.15, 0.2) is 18.3 Å². The van der Waals surface area contributed by atoms with E-state index in [1.54, 1.807) is 18.3 Å². The van der Waals surface area contributed by atoms with E-state index in [2.05, 4.69) is 14.8 Å². The molecular weight excluding hydrogens is 228 g/mol. The first-order valence-corrected chi connectivity index (χ1v) is 6.23. The van der Waals surface area contributed by atoms with Gasteiger partial charge >= 0.3 is 0 Å². The van der Waals surface area contributed by atoms with Crippen LogP contribution >= 0.6 is 0 Å². The number of hydrogen-bond donors (Lipinski definition) is 1. The number of ketones is 1. The Morgan fingerprint density at radius 1 is 1.44 bits per heavy atom. The summed E-state index contributed by atoms with van der Waals surface area (Å²) in [5.74, 6) is 0.389. The van der Waals surface area contributed by atoms with Crippen LogP contribution in [0.5, 0.6) is 0 Å². The molecule has 5 nitrogen and oxygen atoms in total. The highest BCUT2D eigenvalue weighted by atomic mass is 16.1. The second kappa shape index (κ2) is 5.46. The lowest BCUT2D eigenvalue weighted by atomic mass is 10.0. The first-order chi connectivity index (χ1) is 8.59. The number of pyridine rings is 1. The van der Waals surface area contributed by atoms with E-state index in [0.717, 1.165) is 26.1 Å². The number of nitrogen functional groups attached to an aromatic ring is 1. The van der Waals surface area contributed by atoms with Crippen LogP contribution in [0.4, 0.5) is 5.82 Å². The minimum atomic E-state index is -0.135. The number of rotatable bonds is 2. The fraction of sp³-hybridized carbons (Fsp3) is 0.538. The normalized spacial score (nSPS) is 22.7. The van der Waals surface area contributed by atoms with Crippen molar-refractivity contribution in [3.8, 4) is 0 Å². The Hall–Kier alpha value is -1.46. The summed E-state index contributed by atoms with van der Waals surface area (Å²) in [5.41, 5.74) is 6.32. The van der Waals surface area contributed by atoms with Crippen molar-refractivity contribution in [3.05, 3.63) is 23.9 Å². The summed E-state index contributed by atoms with van der Waals surface area (Å²) in [6, 6.07) is 3.37. The van der Waals surface area contributed by atoms with E-state index in [1.807, 2.05) is 14.1 Å². The zero-order chi connectivity index (χ0) is 13.1. The van der Waals surface area contributed by atoms with E-state index < -0.39 is 0 Å². The van der Waals surface area contributed by atoms with Crippen molar-refractivity contribution in [2.45, 2.75) is 12.5 Å². The Labute approximate surface area is 108 Å². The molecule has 2 heterocycles. The highest BCUT2D eigenvalue weighted by Gasteiger charge is 2.28. The van der Waals surface area contributed by atoms with Gasteiger partial charge in [-0.3, -0.25) is 9.69 Å². The maximum atomic E-state index is 12.5. The molecule has 1 saturated heterocycles. The Morgan fingerprint density at radius 3 is 2.94 bits per heavy atom. The SMILES string of the molecule is CN1CCCN(C)C(C(=O)c2cccnc2N)C1. The minimum Gasteiger partial charge on any atom is -0.383 e. The van der Waals surface area contributed by atoms with Crippen molar-refractivity contribution in [2.75, 3.05) is 39.5 Å². The molecule has 0 bridgehead atoms. The number of nitrogens with zero attached hydrogens (tertiary/aromatic N) is 3. The third-order valence-electron chi connectivity index (χ3n) is 3.47. The third kappa shape index (κ3) is 2.68. The molecule has 0 aliphatic carbocycles. The van der Waals surface area contributed by atoms with Crippen molar-refractivity contribution < 1.29 is 4.79 Å². The van der Waals surface area contributed by atoms with Gasteiger partial charge in [-0.05, 0) is 45.7 Å². The van der Waals surface area contributed by atoms with Crippen LogP contribution in [0.1, 0.15) is 16.8 Å². The van der Waals surface area contributed by atoms with Gasteiger partial charge in [-0.2, -0.15) is 0 Å². The van der Waals surface area contributed by atoms with Crippen LogP contribution in [-0.2, 0) is 0 Å². The van der Waals surface area contributed by atoms with Crippen LogP contribution in [0, 0.1) is 0 Å². The van der Waals surface area contributed by atoms with Crippen molar-refractivity contribution in [3.63, 3.8) is 0 Å². The van der Waals surface area contributed by atoms with Crippen molar-refractivity contribution in [1.82, 2.24) is 14.8 Å². The smallest absolute Gasteiger partial charge is 0.184 e. The zero-order valence-corrected chi connectivity index (χ0v) is 11.0. The quantitative estimate of drug-likeness (QED) is 0.771. The summed E-state index contributed by atoms with van der Waals surface area (Å²) in [4.78, 5) is 20.8. The van der Waals surface area contributed by atoms with Gasteiger partial charge < -0.3 is 10.6 Å². The molecule has 5 heteroatoms. The summed E-state index contributed by atoms with van der Waals surface area (Å²) in [5, 5.41) is 0. The highest BCUT2D eigenvalue weighted by molar-refractivity contribution is 6.03. The predicted molar refractivity (Wildman–Crippen MR) is 71.5 cm³/mol. The molecule has 1 aromatic heterocycles. The second-order valence-corrected chi connectivity index (χ2v) is 4.91. The fourth-order valence-electron chi connectivity index (χ4n) is 2.36. The summed E-state index contributed by atoms with van der Waals surface area (Å²) in [6.07, 6.45) is 2.69. The maximum Gasteiger partial charge on any atom is 0.184 e. The molecule has 0 aromatic carbocycles. The number of anilines is 1. The average molecular weight is 248 g/mol. The van der Waals surface area contributed by atoms with Gasteiger partial charge in [0.15, 0.2) is 5.78 Å². The maximum absolute atomic E-state index is 12.5.